The summed E-state index contributed by atoms with van der Waals surface area (Å²) in [6.07, 6.45) is -3.59. The van der Waals surface area contributed by atoms with Crippen molar-refractivity contribution in [1.29, 1.82) is 0 Å². The Morgan fingerprint density at radius 1 is 0.946 bits per heavy atom. The number of rotatable bonds is 5. The lowest BCUT2D eigenvalue weighted by molar-refractivity contribution is -0.137. The Kier molecular flexibility index (Phi) is 7.63. The van der Waals surface area contributed by atoms with Crippen molar-refractivity contribution in [3.63, 3.8) is 0 Å². The van der Waals surface area contributed by atoms with Crippen molar-refractivity contribution in [1.82, 2.24) is 5.32 Å². The lowest BCUT2D eigenvalue weighted by Gasteiger charge is -2.27. The van der Waals surface area contributed by atoms with Gasteiger partial charge in [-0.05, 0) is 59.7 Å². The molecule has 12 heteroatoms. The number of barbiturate groups is 1. The summed E-state index contributed by atoms with van der Waals surface area (Å²) in [5.41, 5.74) is -0.947. The van der Waals surface area contributed by atoms with Crippen molar-refractivity contribution >= 4 is 68.7 Å². The summed E-state index contributed by atoms with van der Waals surface area (Å²) >= 11 is 15.7. The Balaban J connectivity index is 1.60. The van der Waals surface area contributed by atoms with E-state index in [2.05, 4.69) is 15.9 Å². The molecular formula is C25H14BrCl2F3N2O4. The average molecular weight is 614 g/mol. The predicted octanol–water partition coefficient (Wildman–Crippen LogP) is 7.02. The predicted molar refractivity (Wildman–Crippen MR) is 135 cm³/mol. The Labute approximate surface area is 226 Å². The number of imide groups is 2. The summed E-state index contributed by atoms with van der Waals surface area (Å²) in [7, 11) is 0. The van der Waals surface area contributed by atoms with Crippen LogP contribution in [0.25, 0.3) is 6.08 Å². The summed E-state index contributed by atoms with van der Waals surface area (Å²) in [6.45, 7) is 0.239. The van der Waals surface area contributed by atoms with Crippen LogP contribution in [-0.4, -0.2) is 17.8 Å². The number of nitrogens with zero attached hydrogens (tertiary/aromatic N) is 1. The number of benzene rings is 3. The number of ether oxygens (including phenoxy) is 1. The Morgan fingerprint density at radius 2 is 1.65 bits per heavy atom. The van der Waals surface area contributed by atoms with E-state index >= 15 is 0 Å². The minimum atomic E-state index is -4.75. The van der Waals surface area contributed by atoms with Gasteiger partial charge in [-0.1, -0.05) is 57.3 Å². The maximum absolute atomic E-state index is 13.2. The second-order valence-corrected chi connectivity index (χ2v) is 9.46. The number of carbonyl (C=O) groups excluding carboxylic acids is 3. The molecule has 0 radical (unpaired) electrons. The van der Waals surface area contributed by atoms with Crippen LogP contribution in [-0.2, 0) is 22.4 Å². The molecular weight excluding hydrogens is 600 g/mol. The number of hydrogen-bond donors (Lipinski definition) is 1. The van der Waals surface area contributed by atoms with Gasteiger partial charge >= 0.3 is 12.2 Å². The normalized spacial score (nSPS) is 15.2. The molecule has 1 N–H and O–H groups in total. The van der Waals surface area contributed by atoms with Crippen molar-refractivity contribution in [2.24, 2.45) is 0 Å². The fourth-order valence-corrected chi connectivity index (χ4v) is 4.08. The number of hydrogen-bond acceptors (Lipinski definition) is 4. The number of nitrogens with one attached hydrogen (secondary N) is 1. The molecule has 37 heavy (non-hydrogen) atoms. The third-order valence-corrected chi connectivity index (χ3v) is 6.33. The van der Waals surface area contributed by atoms with Gasteiger partial charge in [-0.3, -0.25) is 14.9 Å². The van der Waals surface area contributed by atoms with Crippen LogP contribution in [0.4, 0.5) is 23.7 Å². The fourth-order valence-electron chi connectivity index (χ4n) is 3.37. The smallest absolute Gasteiger partial charge is 0.416 e. The molecule has 0 atom stereocenters. The van der Waals surface area contributed by atoms with Gasteiger partial charge in [-0.15, -0.1) is 0 Å². The van der Waals surface area contributed by atoms with Crippen LogP contribution < -0.4 is 15.0 Å². The van der Waals surface area contributed by atoms with E-state index in [1.54, 1.807) is 0 Å². The fraction of sp³-hybridized carbons (Fsp3) is 0.0800. The molecule has 190 valence electrons. The second kappa shape index (κ2) is 10.6. The van der Waals surface area contributed by atoms with Gasteiger partial charge in [-0.2, -0.15) is 13.2 Å². The number of alkyl halides is 3. The zero-order valence-corrected chi connectivity index (χ0v) is 21.5. The van der Waals surface area contributed by atoms with Crippen molar-refractivity contribution in [2.75, 3.05) is 4.90 Å². The highest BCUT2D eigenvalue weighted by Crippen LogP contribution is 2.37. The molecule has 1 aliphatic rings. The first-order valence-corrected chi connectivity index (χ1v) is 11.9. The van der Waals surface area contributed by atoms with E-state index < -0.39 is 40.8 Å². The zero-order valence-electron chi connectivity index (χ0n) is 18.4. The molecule has 3 aromatic rings. The van der Waals surface area contributed by atoms with Gasteiger partial charge in [0.2, 0.25) is 0 Å². The standard InChI is InChI=1S/C25H14BrCl2F3N2O4/c26-16-5-1-13(2-6-16)12-37-21-8-3-14(10-19(21)28)9-17-22(34)32-24(36)33(23(17)35)20-11-15(25(29,30)31)4-7-18(20)27/h1-11H,12H2,(H,32,34,36)/b17-9-. The maximum Gasteiger partial charge on any atom is 0.416 e. The number of amides is 4. The minimum absolute atomic E-state index is 0.184. The molecule has 1 saturated heterocycles. The molecule has 0 unspecified atom stereocenters. The topological polar surface area (TPSA) is 75.7 Å². The molecule has 0 aromatic heterocycles. The molecule has 3 aromatic carbocycles. The molecule has 1 fully saturated rings. The van der Waals surface area contributed by atoms with Gasteiger partial charge in [0.1, 0.15) is 17.9 Å². The van der Waals surface area contributed by atoms with Crippen molar-refractivity contribution in [3.05, 3.63) is 97.4 Å². The Morgan fingerprint density at radius 3 is 2.30 bits per heavy atom. The molecule has 4 rings (SSSR count). The van der Waals surface area contributed by atoms with Crippen LogP contribution in [0, 0.1) is 0 Å². The molecule has 1 aliphatic heterocycles. The number of carbonyl (C=O) groups is 3. The van der Waals surface area contributed by atoms with Crippen molar-refractivity contribution < 1.29 is 32.3 Å². The first kappa shape index (κ1) is 26.7. The summed E-state index contributed by atoms with van der Waals surface area (Å²) < 4.78 is 46.2. The third-order valence-electron chi connectivity index (χ3n) is 5.19. The molecule has 1 heterocycles. The Hall–Kier alpha value is -3.34. The average Bonchev–Trinajstić information content (AvgIpc) is 2.82. The highest BCUT2D eigenvalue weighted by atomic mass is 79.9. The van der Waals surface area contributed by atoms with E-state index in [0.717, 1.165) is 22.2 Å². The Bertz CT molecular complexity index is 1440. The summed E-state index contributed by atoms with van der Waals surface area (Å²) in [5.74, 6) is -1.83. The summed E-state index contributed by atoms with van der Waals surface area (Å²) in [6, 6.07) is 12.9. The van der Waals surface area contributed by atoms with Gasteiger partial charge in [0.15, 0.2) is 0 Å². The van der Waals surface area contributed by atoms with Crippen LogP contribution >= 0.6 is 39.1 Å². The number of urea groups is 1. The summed E-state index contributed by atoms with van der Waals surface area (Å²) in [4.78, 5) is 38.3. The summed E-state index contributed by atoms with van der Waals surface area (Å²) in [5, 5.41) is 1.83. The first-order valence-electron chi connectivity index (χ1n) is 10.4. The van der Waals surface area contributed by atoms with E-state index in [9.17, 15) is 27.6 Å². The highest BCUT2D eigenvalue weighted by molar-refractivity contribution is 9.10. The molecule has 6 nitrogen and oxygen atoms in total. The molecule has 0 spiro atoms. The minimum Gasteiger partial charge on any atom is -0.487 e. The zero-order chi connectivity index (χ0) is 26.9. The molecule has 0 aliphatic carbocycles. The third kappa shape index (κ3) is 5.98. The molecule has 0 bridgehead atoms. The second-order valence-electron chi connectivity index (χ2n) is 7.73. The van der Waals surface area contributed by atoms with E-state index in [-0.39, 0.29) is 16.7 Å². The van der Waals surface area contributed by atoms with Crippen LogP contribution in [0.15, 0.2) is 70.7 Å². The van der Waals surface area contributed by atoms with Gasteiger partial charge in [0.25, 0.3) is 11.8 Å². The van der Waals surface area contributed by atoms with Crippen LogP contribution in [0.3, 0.4) is 0 Å². The molecule has 0 saturated carbocycles. The van der Waals surface area contributed by atoms with Crippen LogP contribution in [0.1, 0.15) is 16.7 Å². The largest absolute Gasteiger partial charge is 0.487 e. The van der Waals surface area contributed by atoms with E-state index in [4.69, 9.17) is 27.9 Å². The highest BCUT2D eigenvalue weighted by Gasteiger charge is 2.39. The monoisotopic (exact) mass is 612 g/mol. The van der Waals surface area contributed by atoms with E-state index in [0.29, 0.717) is 28.3 Å². The van der Waals surface area contributed by atoms with Crippen molar-refractivity contribution in [2.45, 2.75) is 12.8 Å². The van der Waals surface area contributed by atoms with E-state index in [1.165, 1.54) is 18.2 Å². The lowest BCUT2D eigenvalue weighted by atomic mass is 10.1. The number of halogens is 6. The van der Waals surface area contributed by atoms with Crippen molar-refractivity contribution in [3.8, 4) is 5.75 Å². The van der Waals surface area contributed by atoms with Gasteiger partial charge < -0.3 is 4.74 Å². The van der Waals surface area contributed by atoms with Gasteiger partial charge in [0.05, 0.1) is 21.3 Å². The quantitative estimate of drug-likeness (QED) is 0.248. The van der Waals surface area contributed by atoms with Gasteiger partial charge in [-0.25, -0.2) is 9.69 Å². The van der Waals surface area contributed by atoms with Gasteiger partial charge in [0, 0.05) is 4.47 Å². The molecule has 4 amide bonds. The first-order chi connectivity index (χ1) is 17.4. The van der Waals surface area contributed by atoms with Crippen LogP contribution in [0.2, 0.25) is 10.0 Å². The lowest BCUT2D eigenvalue weighted by Crippen LogP contribution is -2.54. The number of anilines is 1. The maximum atomic E-state index is 13.2. The SMILES string of the molecule is O=C1NC(=O)N(c2cc(C(F)(F)F)ccc2Cl)C(=O)/C1=C\c1ccc(OCc2ccc(Br)cc2)c(Cl)c1. The van der Waals surface area contributed by atoms with Crippen LogP contribution in [0.5, 0.6) is 5.75 Å². The van der Waals surface area contributed by atoms with E-state index in [1.807, 2.05) is 29.6 Å².